The van der Waals surface area contributed by atoms with Crippen molar-refractivity contribution in [3.63, 3.8) is 0 Å². The van der Waals surface area contributed by atoms with Crippen LogP contribution in [0, 0.1) is 5.82 Å². The molecule has 0 saturated carbocycles. The third kappa shape index (κ3) is 2.80. The van der Waals surface area contributed by atoms with Crippen LogP contribution in [0.5, 0.6) is 0 Å². The number of nitrogens with zero attached hydrogens (tertiary/aromatic N) is 1. The van der Waals surface area contributed by atoms with Gasteiger partial charge in [0, 0.05) is 34.2 Å². The van der Waals surface area contributed by atoms with Gasteiger partial charge in [-0.25, -0.2) is 4.39 Å². The lowest BCUT2D eigenvalue weighted by atomic mass is 10.1. The van der Waals surface area contributed by atoms with Crippen LogP contribution in [0.2, 0.25) is 5.02 Å². The molecule has 3 aromatic rings. The zero-order valence-corrected chi connectivity index (χ0v) is 12.5. The van der Waals surface area contributed by atoms with Crippen LogP contribution in [0.1, 0.15) is 11.1 Å². The van der Waals surface area contributed by atoms with E-state index in [1.807, 2.05) is 19.3 Å². The molecular formula is C17H16ClFN2. The highest BCUT2D eigenvalue weighted by atomic mass is 35.5. The van der Waals surface area contributed by atoms with Gasteiger partial charge in [-0.05, 0) is 36.9 Å². The van der Waals surface area contributed by atoms with Crippen LogP contribution in [-0.4, -0.2) is 11.6 Å². The summed E-state index contributed by atoms with van der Waals surface area (Å²) in [5, 5.41) is 4.78. The number of hydrogen-bond acceptors (Lipinski definition) is 1. The average molecular weight is 303 g/mol. The van der Waals surface area contributed by atoms with Gasteiger partial charge in [0.1, 0.15) is 5.82 Å². The van der Waals surface area contributed by atoms with Gasteiger partial charge in [0.15, 0.2) is 0 Å². The maximum absolute atomic E-state index is 13.9. The van der Waals surface area contributed by atoms with Crippen molar-refractivity contribution in [2.45, 2.75) is 13.1 Å². The molecule has 2 nitrogen and oxygen atoms in total. The maximum Gasteiger partial charge on any atom is 0.129 e. The zero-order valence-electron chi connectivity index (χ0n) is 11.7. The molecule has 2 aromatic carbocycles. The Bertz CT molecular complexity index is 780. The highest BCUT2D eigenvalue weighted by molar-refractivity contribution is 6.30. The second-order valence-electron chi connectivity index (χ2n) is 5.06. The second-order valence-corrected chi connectivity index (χ2v) is 5.50. The van der Waals surface area contributed by atoms with Crippen molar-refractivity contribution in [3.8, 4) is 0 Å². The van der Waals surface area contributed by atoms with Crippen LogP contribution in [0.25, 0.3) is 10.9 Å². The van der Waals surface area contributed by atoms with E-state index in [1.54, 1.807) is 12.1 Å². The number of rotatable bonds is 4. The fraction of sp³-hybridized carbons (Fsp3) is 0.176. The summed E-state index contributed by atoms with van der Waals surface area (Å²) >= 11 is 5.80. The Morgan fingerprint density at radius 1 is 1.14 bits per heavy atom. The lowest BCUT2D eigenvalue weighted by Crippen LogP contribution is -2.05. The van der Waals surface area contributed by atoms with Gasteiger partial charge in [-0.1, -0.05) is 29.8 Å². The minimum Gasteiger partial charge on any atom is -0.343 e. The van der Waals surface area contributed by atoms with E-state index in [2.05, 4.69) is 28.1 Å². The Morgan fingerprint density at radius 3 is 2.76 bits per heavy atom. The zero-order chi connectivity index (χ0) is 14.8. The smallest absolute Gasteiger partial charge is 0.129 e. The molecule has 1 N–H and O–H groups in total. The van der Waals surface area contributed by atoms with E-state index in [1.165, 1.54) is 17.0 Å². The van der Waals surface area contributed by atoms with Crippen molar-refractivity contribution in [1.82, 2.24) is 9.88 Å². The summed E-state index contributed by atoms with van der Waals surface area (Å²) in [5.74, 6) is -0.268. The summed E-state index contributed by atoms with van der Waals surface area (Å²) in [5.41, 5.74) is 2.98. The van der Waals surface area contributed by atoms with Gasteiger partial charge in [-0.15, -0.1) is 0 Å². The van der Waals surface area contributed by atoms with E-state index in [0.29, 0.717) is 17.1 Å². The average Bonchev–Trinajstić information content (AvgIpc) is 2.87. The standard InChI is InChI=1S/C17H16ClFN2/c1-20-10-12-3-2-4-17-15(12)7-8-21(17)11-13-5-6-14(18)9-16(13)19/h2-9,20H,10-11H2,1H3. The largest absolute Gasteiger partial charge is 0.343 e. The molecule has 0 bridgehead atoms. The molecule has 0 unspecified atom stereocenters. The fourth-order valence-electron chi connectivity index (χ4n) is 2.60. The molecule has 0 radical (unpaired) electrons. The number of hydrogen-bond donors (Lipinski definition) is 1. The summed E-state index contributed by atoms with van der Waals surface area (Å²) in [7, 11) is 1.93. The van der Waals surface area contributed by atoms with Gasteiger partial charge in [0.2, 0.25) is 0 Å². The Balaban J connectivity index is 1.99. The van der Waals surface area contributed by atoms with Crippen molar-refractivity contribution in [3.05, 3.63) is 70.6 Å². The highest BCUT2D eigenvalue weighted by Gasteiger charge is 2.08. The van der Waals surface area contributed by atoms with Crippen LogP contribution in [0.15, 0.2) is 48.7 Å². The second kappa shape index (κ2) is 5.88. The van der Waals surface area contributed by atoms with Gasteiger partial charge in [-0.2, -0.15) is 0 Å². The minimum absolute atomic E-state index is 0.268. The molecule has 3 rings (SSSR count). The first-order valence-electron chi connectivity index (χ1n) is 6.84. The summed E-state index contributed by atoms with van der Waals surface area (Å²) in [6, 6.07) is 13.1. The number of fused-ring (bicyclic) bond motifs is 1. The van der Waals surface area contributed by atoms with E-state index >= 15 is 0 Å². The lowest BCUT2D eigenvalue weighted by molar-refractivity contribution is 0.602. The van der Waals surface area contributed by atoms with E-state index < -0.39 is 0 Å². The molecule has 0 saturated heterocycles. The van der Waals surface area contributed by atoms with E-state index in [9.17, 15) is 4.39 Å². The SMILES string of the molecule is CNCc1cccc2c1ccn2Cc1ccc(Cl)cc1F. The Hall–Kier alpha value is -1.84. The summed E-state index contributed by atoms with van der Waals surface area (Å²) in [4.78, 5) is 0. The van der Waals surface area contributed by atoms with Crippen LogP contribution >= 0.6 is 11.6 Å². The molecule has 1 heterocycles. The maximum atomic E-state index is 13.9. The van der Waals surface area contributed by atoms with Crippen molar-refractivity contribution in [1.29, 1.82) is 0 Å². The third-order valence-electron chi connectivity index (χ3n) is 3.63. The first-order valence-corrected chi connectivity index (χ1v) is 7.22. The predicted molar refractivity (Wildman–Crippen MR) is 85.2 cm³/mol. The Kier molecular flexibility index (Phi) is 3.95. The molecule has 4 heteroatoms. The van der Waals surface area contributed by atoms with Crippen LogP contribution < -0.4 is 5.32 Å². The molecule has 0 aliphatic carbocycles. The van der Waals surface area contributed by atoms with Crippen LogP contribution in [0.3, 0.4) is 0 Å². The van der Waals surface area contributed by atoms with E-state index in [0.717, 1.165) is 12.1 Å². The highest BCUT2D eigenvalue weighted by Crippen LogP contribution is 2.23. The topological polar surface area (TPSA) is 17.0 Å². The number of nitrogens with one attached hydrogen (secondary N) is 1. The molecule has 0 aliphatic heterocycles. The lowest BCUT2D eigenvalue weighted by Gasteiger charge is -2.08. The summed E-state index contributed by atoms with van der Waals surface area (Å²) in [6.45, 7) is 1.31. The van der Waals surface area contributed by atoms with Gasteiger partial charge in [0.25, 0.3) is 0 Å². The molecule has 0 fully saturated rings. The van der Waals surface area contributed by atoms with Crippen molar-refractivity contribution >= 4 is 22.5 Å². The molecular weight excluding hydrogens is 287 g/mol. The molecule has 1 aromatic heterocycles. The first-order chi connectivity index (χ1) is 10.2. The first kappa shape index (κ1) is 14.1. The normalized spacial score (nSPS) is 11.2. The Morgan fingerprint density at radius 2 is 2.00 bits per heavy atom. The third-order valence-corrected chi connectivity index (χ3v) is 3.86. The van der Waals surface area contributed by atoms with Crippen LogP contribution in [-0.2, 0) is 13.1 Å². The van der Waals surface area contributed by atoms with Gasteiger partial charge in [-0.3, -0.25) is 0 Å². The van der Waals surface area contributed by atoms with Gasteiger partial charge >= 0.3 is 0 Å². The van der Waals surface area contributed by atoms with Crippen LogP contribution in [0.4, 0.5) is 4.39 Å². The summed E-state index contributed by atoms with van der Waals surface area (Å²) < 4.78 is 16.0. The predicted octanol–water partition coefficient (Wildman–Crippen LogP) is 4.20. The summed E-state index contributed by atoms with van der Waals surface area (Å²) in [6.07, 6.45) is 2.00. The van der Waals surface area contributed by atoms with Gasteiger partial charge in [0.05, 0.1) is 6.54 Å². The molecule has 0 spiro atoms. The number of halogens is 2. The van der Waals surface area contributed by atoms with E-state index in [-0.39, 0.29) is 5.82 Å². The quantitative estimate of drug-likeness (QED) is 0.764. The molecule has 0 amide bonds. The molecule has 108 valence electrons. The molecule has 0 aliphatic rings. The van der Waals surface area contributed by atoms with Crippen molar-refractivity contribution in [2.24, 2.45) is 0 Å². The van der Waals surface area contributed by atoms with Crippen molar-refractivity contribution in [2.75, 3.05) is 7.05 Å². The number of aromatic nitrogens is 1. The monoisotopic (exact) mass is 302 g/mol. The fourth-order valence-corrected chi connectivity index (χ4v) is 2.76. The minimum atomic E-state index is -0.268. The Labute approximate surface area is 128 Å². The van der Waals surface area contributed by atoms with Crippen molar-refractivity contribution < 1.29 is 4.39 Å². The van der Waals surface area contributed by atoms with E-state index in [4.69, 9.17) is 11.6 Å². The molecule has 21 heavy (non-hydrogen) atoms. The van der Waals surface area contributed by atoms with Gasteiger partial charge < -0.3 is 9.88 Å². The number of benzene rings is 2. The molecule has 0 atom stereocenters.